The number of nitrogens with two attached hydrogens (primary N) is 1. The predicted molar refractivity (Wildman–Crippen MR) is 195 cm³/mol. The van der Waals surface area contributed by atoms with Gasteiger partial charge in [0.2, 0.25) is 23.6 Å². The van der Waals surface area contributed by atoms with Gasteiger partial charge in [0.15, 0.2) is 0 Å². The topological polar surface area (TPSA) is 142 Å². The maximum absolute atomic E-state index is 13.7. The van der Waals surface area contributed by atoms with Crippen LogP contribution in [-0.4, -0.2) is 66.3 Å². The molecule has 9 nitrogen and oxygen atoms in total. The van der Waals surface area contributed by atoms with Gasteiger partial charge < -0.3 is 27.0 Å². The van der Waals surface area contributed by atoms with Gasteiger partial charge in [-0.25, -0.2) is 0 Å². The van der Waals surface area contributed by atoms with E-state index in [2.05, 4.69) is 21.3 Å². The Balaban J connectivity index is 1.04. The molecule has 4 aliphatic rings. The standard InChI is InChI=1S/C39H49N5O4S/c1-49-14-13-33(43-37(46)32(40)21-25-11-12-28-9-5-6-10-29(28)16-25)38(47)41-23-35(45)42-34(22-24-7-3-2-4-8-24)39(48)44-36-30-17-26-15-27(19-30)20-31(36)18-26/h2-12,16,26-27,30-34,36H,13-15,17-23,40H2,1H3,(H,41,47)(H,42,45)(H,43,46)(H,44,48)/t26?,27?,30?,31?,32-,33+,34-,36?/m0/s1. The molecule has 0 radical (unpaired) electrons. The predicted octanol–water partition coefficient (Wildman–Crippen LogP) is 3.73. The van der Waals surface area contributed by atoms with Crippen LogP contribution in [0.15, 0.2) is 72.8 Å². The second kappa shape index (κ2) is 16.2. The van der Waals surface area contributed by atoms with Gasteiger partial charge in [-0.05, 0) is 103 Å². The van der Waals surface area contributed by atoms with Gasteiger partial charge in [0.25, 0.3) is 0 Å². The molecule has 0 spiro atoms. The summed E-state index contributed by atoms with van der Waals surface area (Å²) in [5.41, 5.74) is 8.17. The summed E-state index contributed by atoms with van der Waals surface area (Å²) in [6.07, 6.45) is 9.05. The molecule has 3 atom stereocenters. The Bertz CT molecular complexity index is 1610. The summed E-state index contributed by atoms with van der Waals surface area (Å²) in [6.45, 7) is -0.315. The Morgan fingerprint density at radius 1 is 0.735 bits per heavy atom. The number of benzene rings is 3. The van der Waals surface area contributed by atoms with E-state index in [1.807, 2.05) is 79.1 Å². The molecule has 4 bridgehead atoms. The number of hydrogen-bond donors (Lipinski definition) is 5. The fraction of sp³-hybridized carbons (Fsp3) is 0.487. The Kier molecular flexibility index (Phi) is 11.6. The van der Waals surface area contributed by atoms with Crippen LogP contribution >= 0.6 is 11.8 Å². The first-order valence-electron chi connectivity index (χ1n) is 17.7. The number of thioether (sulfide) groups is 1. The number of fused-ring (bicyclic) bond motifs is 1. The maximum Gasteiger partial charge on any atom is 0.243 e. The molecule has 4 aliphatic carbocycles. The van der Waals surface area contributed by atoms with Crippen LogP contribution in [-0.2, 0) is 32.0 Å². The van der Waals surface area contributed by atoms with Crippen molar-refractivity contribution in [1.29, 1.82) is 0 Å². The van der Waals surface area contributed by atoms with E-state index >= 15 is 0 Å². The van der Waals surface area contributed by atoms with E-state index in [1.165, 1.54) is 32.1 Å². The Morgan fingerprint density at radius 3 is 2.10 bits per heavy atom. The molecular formula is C39H49N5O4S. The number of rotatable bonds is 15. The second-order valence-corrected chi connectivity index (χ2v) is 15.3. The Hall–Kier alpha value is -3.89. The summed E-state index contributed by atoms with van der Waals surface area (Å²) in [5.74, 6) is 1.73. The van der Waals surface area contributed by atoms with Crippen molar-refractivity contribution in [3.8, 4) is 0 Å². The summed E-state index contributed by atoms with van der Waals surface area (Å²) in [7, 11) is 0. The van der Waals surface area contributed by atoms with E-state index in [0.717, 1.165) is 33.7 Å². The third-order valence-corrected chi connectivity index (χ3v) is 11.4. The zero-order chi connectivity index (χ0) is 34.3. The summed E-state index contributed by atoms with van der Waals surface area (Å²) < 4.78 is 0. The van der Waals surface area contributed by atoms with Crippen LogP contribution in [0.3, 0.4) is 0 Å². The number of nitrogens with one attached hydrogen (secondary N) is 4. The molecule has 7 rings (SSSR count). The van der Waals surface area contributed by atoms with Crippen LogP contribution < -0.4 is 27.0 Å². The molecule has 4 fully saturated rings. The first-order chi connectivity index (χ1) is 23.7. The minimum atomic E-state index is -0.851. The van der Waals surface area contributed by atoms with Crippen LogP contribution in [0.1, 0.15) is 49.7 Å². The van der Waals surface area contributed by atoms with Gasteiger partial charge in [-0.15, -0.1) is 0 Å². The summed E-state index contributed by atoms with van der Waals surface area (Å²) >= 11 is 1.56. The van der Waals surface area contributed by atoms with Crippen LogP contribution in [0, 0.1) is 23.7 Å². The van der Waals surface area contributed by atoms with Crippen LogP contribution in [0.4, 0.5) is 0 Å². The SMILES string of the molecule is CSCC[C@@H](NC(=O)[C@@H](N)Cc1ccc2ccccc2c1)C(=O)NCC(=O)N[C@@H](Cc1ccccc1)C(=O)NC1C2CC3CC(C2)CC1C3. The van der Waals surface area contributed by atoms with Gasteiger partial charge in [0, 0.05) is 12.5 Å². The third-order valence-electron chi connectivity index (χ3n) is 10.7. The van der Waals surface area contributed by atoms with Crippen molar-refractivity contribution in [3.05, 3.63) is 83.9 Å². The molecular weight excluding hydrogens is 635 g/mol. The highest BCUT2D eigenvalue weighted by molar-refractivity contribution is 7.98. The lowest BCUT2D eigenvalue weighted by Gasteiger charge is -2.54. The van der Waals surface area contributed by atoms with Gasteiger partial charge in [0.1, 0.15) is 12.1 Å². The fourth-order valence-electron chi connectivity index (χ4n) is 8.52. The molecule has 10 heteroatoms. The van der Waals surface area contributed by atoms with Crippen molar-refractivity contribution in [2.75, 3.05) is 18.6 Å². The third kappa shape index (κ3) is 9.02. The van der Waals surface area contributed by atoms with Crippen molar-refractivity contribution in [3.63, 3.8) is 0 Å². The van der Waals surface area contributed by atoms with Crippen molar-refractivity contribution >= 4 is 46.2 Å². The largest absolute Gasteiger partial charge is 0.351 e. The van der Waals surface area contributed by atoms with Gasteiger partial charge in [-0.2, -0.15) is 11.8 Å². The summed E-state index contributed by atoms with van der Waals surface area (Å²) in [5, 5.41) is 13.9. The average molecular weight is 684 g/mol. The summed E-state index contributed by atoms with van der Waals surface area (Å²) in [6, 6.07) is 21.3. The lowest BCUT2D eigenvalue weighted by Crippen LogP contribution is -2.60. The van der Waals surface area contributed by atoms with Gasteiger partial charge >= 0.3 is 0 Å². The van der Waals surface area contributed by atoms with Crippen LogP contribution in [0.2, 0.25) is 0 Å². The van der Waals surface area contributed by atoms with Crippen molar-refractivity contribution in [1.82, 2.24) is 21.3 Å². The van der Waals surface area contributed by atoms with Crippen molar-refractivity contribution < 1.29 is 19.2 Å². The van der Waals surface area contributed by atoms with Crippen molar-refractivity contribution in [2.24, 2.45) is 29.4 Å². The van der Waals surface area contributed by atoms with Crippen molar-refractivity contribution in [2.45, 2.75) is 75.5 Å². The Labute approximate surface area is 293 Å². The number of hydrogen-bond acceptors (Lipinski definition) is 6. The quantitative estimate of drug-likeness (QED) is 0.165. The molecule has 0 aromatic heterocycles. The molecule has 3 aromatic rings. The number of carbonyl (C=O) groups is 4. The first-order valence-corrected chi connectivity index (χ1v) is 19.1. The highest BCUT2D eigenvalue weighted by Gasteiger charge is 2.49. The van der Waals surface area contributed by atoms with Crippen LogP contribution in [0.5, 0.6) is 0 Å². The minimum absolute atomic E-state index is 0.156. The van der Waals surface area contributed by atoms with E-state index < -0.39 is 35.8 Å². The second-order valence-electron chi connectivity index (χ2n) is 14.3. The fourth-order valence-corrected chi connectivity index (χ4v) is 8.99. The Morgan fingerprint density at radius 2 is 1.41 bits per heavy atom. The molecule has 4 amide bonds. The number of carbonyl (C=O) groups excluding carboxylic acids is 4. The maximum atomic E-state index is 13.7. The smallest absolute Gasteiger partial charge is 0.243 e. The first kappa shape index (κ1) is 35.0. The average Bonchev–Trinajstić information content (AvgIpc) is 3.10. The molecule has 49 heavy (non-hydrogen) atoms. The minimum Gasteiger partial charge on any atom is -0.351 e. The van der Waals surface area contributed by atoms with Gasteiger partial charge in [-0.3, -0.25) is 19.2 Å². The van der Waals surface area contributed by atoms with E-state index in [0.29, 0.717) is 36.9 Å². The zero-order valence-electron chi connectivity index (χ0n) is 28.2. The van der Waals surface area contributed by atoms with Crippen LogP contribution in [0.25, 0.3) is 10.8 Å². The van der Waals surface area contributed by atoms with E-state index in [9.17, 15) is 19.2 Å². The summed E-state index contributed by atoms with van der Waals surface area (Å²) in [4.78, 5) is 53.4. The lowest BCUT2D eigenvalue weighted by molar-refractivity contribution is -0.132. The molecule has 6 N–H and O–H groups in total. The molecule has 4 saturated carbocycles. The molecule has 0 unspecified atom stereocenters. The number of amides is 4. The molecule has 0 aliphatic heterocycles. The highest BCUT2D eigenvalue weighted by Crippen LogP contribution is 2.53. The zero-order valence-corrected chi connectivity index (χ0v) is 29.1. The van der Waals surface area contributed by atoms with E-state index in [1.54, 1.807) is 11.8 Å². The lowest BCUT2D eigenvalue weighted by atomic mass is 9.54. The highest BCUT2D eigenvalue weighted by atomic mass is 32.2. The molecule has 0 heterocycles. The molecule has 0 saturated heterocycles. The van der Waals surface area contributed by atoms with E-state index in [4.69, 9.17) is 5.73 Å². The molecule has 3 aromatic carbocycles. The molecule has 260 valence electrons. The normalized spacial score (nSPS) is 24.1. The monoisotopic (exact) mass is 683 g/mol. The van der Waals surface area contributed by atoms with Gasteiger partial charge in [-0.1, -0.05) is 72.8 Å². The van der Waals surface area contributed by atoms with E-state index in [-0.39, 0.29) is 18.5 Å². The van der Waals surface area contributed by atoms with Gasteiger partial charge in [0.05, 0.1) is 12.6 Å².